The summed E-state index contributed by atoms with van der Waals surface area (Å²) in [6.45, 7) is 1.93. The Bertz CT molecular complexity index is 898. The van der Waals surface area contributed by atoms with Crippen LogP contribution in [0.5, 0.6) is 0 Å². The van der Waals surface area contributed by atoms with Crippen molar-refractivity contribution in [2.24, 2.45) is 17.6 Å². The van der Waals surface area contributed by atoms with Gasteiger partial charge in [0.2, 0.25) is 0 Å². The Hall–Kier alpha value is -1.22. The molecule has 5 aliphatic rings. The third kappa shape index (κ3) is 5.45. The van der Waals surface area contributed by atoms with Gasteiger partial charge in [-0.2, -0.15) is 0 Å². The second kappa shape index (κ2) is 10.8. The van der Waals surface area contributed by atoms with Crippen molar-refractivity contribution < 1.29 is 9.50 Å². The summed E-state index contributed by atoms with van der Waals surface area (Å²) in [5, 5.41) is 25.1. The van der Waals surface area contributed by atoms with Crippen molar-refractivity contribution >= 4 is 11.6 Å². The lowest BCUT2D eigenvalue weighted by molar-refractivity contribution is 0.106. The van der Waals surface area contributed by atoms with Gasteiger partial charge in [0.05, 0.1) is 11.2 Å². The van der Waals surface area contributed by atoms with Gasteiger partial charge in [0.25, 0.3) is 0 Å². The zero-order valence-corrected chi connectivity index (χ0v) is 20.6. The summed E-state index contributed by atoms with van der Waals surface area (Å²) in [6, 6.07) is 0.163. The minimum absolute atomic E-state index is 0.0466. The normalized spacial score (nSPS) is 35.8. The van der Waals surface area contributed by atoms with Gasteiger partial charge in [0, 0.05) is 37.0 Å². The Balaban J connectivity index is 1.34. The molecule has 0 aromatic rings. The van der Waals surface area contributed by atoms with E-state index in [4.69, 9.17) is 17.3 Å². The van der Waals surface area contributed by atoms with Gasteiger partial charge in [-0.05, 0) is 75.0 Å². The van der Waals surface area contributed by atoms with Crippen LogP contribution in [0.3, 0.4) is 0 Å². The van der Waals surface area contributed by atoms with Gasteiger partial charge in [0.15, 0.2) is 0 Å². The Kier molecular flexibility index (Phi) is 7.78. The van der Waals surface area contributed by atoms with Crippen LogP contribution in [0.25, 0.3) is 0 Å². The molecule has 2 heterocycles. The van der Waals surface area contributed by atoms with Crippen molar-refractivity contribution in [2.75, 3.05) is 13.1 Å². The number of aliphatic hydroxyl groups excluding tert-OH is 1. The van der Waals surface area contributed by atoms with Crippen LogP contribution in [-0.4, -0.2) is 42.8 Å². The summed E-state index contributed by atoms with van der Waals surface area (Å²) in [4.78, 5) is 0. The number of aliphatic hydroxyl groups is 1. The molecule has 0 aromatic heterocycles. The molecular weight excluding hydrogens is 453 g/mol. The molecule has 0 radical (unpaired) electrons. The number of hydrogen-bond acceptors (Lipinski definition) is 6. The number of hydrogen-bond donors (Lipinski definition) is 6. The maximum Gasteiger partial charge on any atom is 0.114 e. The maximum atomic E-state index is 13.9. The molecule has 0 saturated carbocycles. The molecule has 0 bridgehead atoms. The molecule has 0 spiro atoms. The third-order valence-corrected chi connectivity index (χ3v) is 8.71. The van der Waals surface area contributed by atoms with Crippen LogP contribution in [0.4, 0.5) is 4.39 Å². The molecule has 8 heteroatoms. The van der Waals surface area contributed by atoms with Gasteiger partial charge >= 0.3 is 0 Å². The topological polar surface area (TPSA) is 94.4 Å². The molecule has 0 aromatic carbocycles. The number of nitrogens with one attached hydrogen (secondary N) is 4. The predicted molar refractivity (Wildman–Crippen MR) is 134 cm³/mol. The first-order valence-corrected chi connectivity index (χ1v) is 13.4. The molecular formula is C26H39ClFN5O. The largest absolute Gasteiger partial charge is 0.379 e. The molecule has 5 rings (SSSR count). The maximum absolute atomic E-state index is 13.9. The Morgan fingerprint density at radius 3 is 2.71 bits per heavy atom. The van der Waals surface area contributed by atoms with Crippen molar-refractivity contribution in [3.8, 4) is 0 Å². The highest BCUT2D eigenvalue weighted by Gasteiger charge is 2.37. The molecule has 0 saturated heterocycles. The van der Waals surface area contributed by atoms with Crippen LogP contribution in [0.2, 0.25) is 0 Å². The average molecular weight is 492 g/mol. The summed E-state index contributed by atoms with van der Waals surface area (Å²) < 4.78 is 13.9. The third-order valence-electron chi connectivity index (χ3n) is 8.35. The lowest BCUT2D eigenvalue weighted by Gasteiger charge is -2.44. The van der Waals surface area contributed by atoms with Gasteiger partial charge in [-0.1, -0.05) is 29.3 Å². The molecule has 34 heavy (non-hydrogen) atoms. The van der Waals surface area contributed by atoms with E-state index in [2.05, 4.69) is 33.4 Å². The quantitative estimate of drug-likeness (QED) is 0.261. The van der Waals surface area contributed by atoms with E-state index in [1.165, 1.54) is 22.4 Å². The van der Waals surface area contributed by atoms with E-state index in [-0.39, 0.29) is 30.1 Å². The fraction of sp³-hybridized carbons (Fsp3) is 0.692. The van der Waals surface area contributed by atoms with E-state index in [0.29, 0.717) is 23.8 Å². The summed E-state index contributed by atoms with van der Waals surface area (Å²) in [6.07, 6.45) is 13.0. The molecule has 7 N–H and O–H groups in total. The fourth-order valence-electron chi connectivity index (χ4n) is 6.26. The summed E-state index contributed by atoms with van der Waals surface area (Å²) in [7, 11) is 0. The summed E-state index contributed by atoms with van der Waals surface area (Å²) >= 11 is 6.19. The molecule has 2 aliphatic heterocycles. The summed E-state index contributed by atoms with van der Waals surface area (Å²) in [5.41, 5.74) is 11.4. The number of halogens is 2. The van der Waals surface area contributed by atoms with Gasteiger partial charge in [-0.3, -0.25) is 10.6 Å². The fourth-order valence-corrected chi connectivity index (χ4v) is 6.54. The van der Waals surface area contributed by atoms with Crippen molar-refractivity contribution in [1.82, 2.24) is 21.3 Å². The lowest BCUT2D eigenvalue weighted by atomic mass is 9.75. The standard InChI is InChI=1S/C26H39ClFN5O/c27-21-13-19(8-9-22(21)28)31-26-20-12-17(15-3-5-16(6-4-15)24(29)34)7-10-23(20)32-25(33-26)18-2-1-11-30-14-18/h2-3,16-17,19,24-26,30-34H,1,4-14,29H2. The highest BCUT2D eigenvalue weighted by molar-refractivity contribution is 6.29. The minimum Gasteiger partial charge on any atom is -0.379 e. The highest BCUT2D eigenvalue weighted by Crippen LogP contribution is 2.40. The van der Waals surface area contributed by atoms with Crippen LogP contribution in [0, 0.1) is 11.8 Å². The second-order valence-corrected chi connectivity index (χ2v) is 11.0. The van der Waals surface area contributed by atoms with Crippen LogP contribution in [0.15, 0.2) is 45.4 Å². The van der Waals surface area contributed by atoms with Crippen LogP contribution < -0.4 is 27.0 Å². The Morgan fingerprint density at radius 1 is 1.12 bits per heavy atom. The molecule has 6 nitrogen and oxygen atoms in total. The van der Waals surface area contributed by atoms with Crippen LogP contribution >= 0.6 is 11.6 Å². The van der Waals surface area contributed by atoms with Gasteiger partial charge in [-0.25, -0.2) is 4.39 Å². The van der Waals surface area contributed by atoms with Crippen LogP contribution in [0.1, 0.15) is 64.2 Å². The molecule has 188 valence electrons. The lowest BCUT2D eigenvalue weighted by Crippen LogP contribution is -2.62. The molecule has 6 unspecified atom stereocenters. The van der Waals surface area contributed by atoms with Gasteiger partial charge in [-0.15, -0.1) is 0 Å². The number of rotatable bonds is 5. The predicted octanol–water partition coefficient (Wildman–Crippen LogP) is 3.37. The first kappa shape index (κ1) is 24.5. The van der Waals surface area contributed by atoms with E-state index in [0.717, 1.165) is 64.5 Å². The zero-order valence-electron chi connectivity index (χ0n) is 19.9. The van der Waals surface area contributed by atoms with Crippen molar-refractivity contribution in [2.45, 2.75) is 88.8 Å². The van der Waals surface area contributed by atoms with Crippen molar-refractivity contribution in [1.29, 1.82) is 0 Å². The molecule has 0 fully saturated rings. The molecule has 3 aliphatic carbocycles. The molecule has 6 atom stereocenters. The van der Waals surface area contributed by atoms with E-state index in [9.17, 15) is 9.50 Å². The number of allylic oxidation sites excluding steroid dienone is 4. The van der Waals surface area contributed by atoms with Crippen molar-refractivity contribution in [3.63, 3.8) is 0 Å². The summed E-state index contributed by atoms with van der Waals surface area (Å²) in [5.74, 6) is 0.552. The van der Waals surface area contributed by atoms with Crippen LogP contribution in [-0.2, 0) is 0 Å². The van der Waals surface area contributed by atoms with E-state index >= 15 is 0 Å². The molecule has 0 amide bonds. The Morgan fingerprint density at radius 2 is 2.00 bits per heavy atom. The highest BCUT2D eigenvalue weighted by atomic mass is 35.5. The smallest absolute Gasteiger partial charge is 0.114 e. The minimum atomic E-state index is -0.722. The van der Waals surface area contributed by atoms with Crippen molar-refractivity contribution in [3.05, 3.63) is 45.4 Å². The first-order valence-electron chi connectivity index (χ1n) is 13.0. The van der Waals surface area contributed by atoms with Gasteiger partial charge in [0.1, 0.15) is 18.2 Å². The van der Waals surface area contributed by atoms with E-state index in [1.54, 1.807) is 0 Å². The SMILES string of the molecule is NC(O)C1CC=C(C2CCC3=C(C2)C(NC2CCC(F)=C(Cl)C2)NC(C2=CCCNC2)N3)CC1. The second-order valence-electron chi connectivity index (χ2n) is 10.6. The Labute approximate surface area is 207 Å². The average Bonchev–Trinajstić information content (AvgIpc) is 2.86. The zero-order chi connectivity index (χ0) is 23.7. The first-order chi connectivity index (χ1) is 16.5. The van der Waals surface area contributed by atoms with E-state index in [1.807, 2.05) is 0 Å². The van der Waals surface area contributed by atoms with E-state index < -0.39 is 6.23 Å². The number of nitrogens with two attached hydrogens (primary N) is 1. The monoisotopic (exact) mass is 491 g/mol. The van der Waals surface area contributed by atoms with Gasteiger partial charge < -0.3 is 21.5 Å².